The number of morpholine rings is 1. The summed E-state index contributed by atoms with van der Waals surface area (Å²) in [5.74, 6) is 3.95. The molecule has 2 spiro atoms. The average molecular weight is 1170 g/mol. The SMILES string of the molecule is COc1ccncc1-c1cc2c(cnn2-c2cc3c(c(N4CC5(CCC(Cc6nc(-c7cnccc7OC)cc7c6cnn7-c6cc7c(c(N8CC9(CCCO9)C8)n6)c(C)c(C(=O)N6CCOCC6)n7C)O5)C4)n2)c(C)c(C(=O)N(C)C)n3C)c(C)n1. The van der Waals surface area contributed by atoms with Crippen LogP contribution in [-0.2, 0) is 34.7 Å². The number of pyridine rings is 6. The molecule has 0 aromatic carbocycles. The van der Waals surface area contributed by atoms with Crippen molar-refractivity contribution in [1.29, 1.82) is 0 Å². The van der Waals surface area contributed by atoms with Gasteiger partial charge in [-0.1, -0.05) is 0 Å². The van der Waals surface area contributed by atoms with E-state index in [0.717, 1.165) is 121 Å². The quantitative estimate of drug-likeness (QED) is 0.116. The molecule has 2 amide bonds. The van der Waals surface area contributed by atoms with Crippen LogP contribution in [0.15, 0.2) is 73.6 Å². The van der Waals surface area contributed by atoms with Crippen molar-refractivity contribution in [3.05, 3.63) is 107 Å². The number of amides is 2. The highest BCUT2D eigenvalue weighted by Crippen LogP contribution is 2.47. The molecule has 5 fully saturated rings. The number of aromatic nitrogens is 12. The lowest BCUT2D eigenvalue weighted by Gasteiger charge is -2.48. The predicted molar refractivity (Wildman–Crippen MR) is 328 cm³/mol. The second kappa shape index (κ2) is 20.6. The Kier molecular flexibility index (Phi) is 12.9. The van der Waals surface area contributed by atoms with E-state index in [1.165, 1.54) is 0 Å². The van der Waals surface area contributed by atoms with E-state index in [1.807, 2.05) is 101 Å². The van der Waals surface area contributed by atoms with Gasteiger partial charge in [0.1, 0.15) is 45.7 Å². The van der Waals surface area contributed by atoms with Gasteiger partial charge < -0.3 is 52.4 Å². The van der Waals surface area contributed by atoms with E-state index in [-0.39, 0.29) is 23.5 Å². The largest absolute Gasteiger partial charge is 0.496 e. The maximum absolute atomic E-state index is 14.4. The molecule has 15 heterocycles. The lowest BCUT2D eigenvalue weighted by Crippen LogP contribution is -2.62. The smallest absolute Gasteiger partial charge is 0.270 e. The van der Waals surface area contributed by atoms with Crippen LogP contribution in [0.25, 0.3) is 77.8 Å². The number of carbonyl (C=O) groups excluding carboxylic acids is 2. The highest BCUT2D eigenvalue weighted by atomic mass is 16.5. The number of nitrogens with zero attached hydrogens (tertiary/aromatic N) is 16. The van der Waals surface area contributed by atoms with Crippen molar-refractivity contribution in [1.82, 2.24) is 68.4 Å². The van der Waals surface area contributed by atoms with Crippen LogP contribution in [0, 0.1) is 20.8 Å². The van der Waals surface area contributed by atoms with Crippen LogP contribution in [0.3, 0.4) is 0 Å². The zero-order valence-electron chi connectivity index (χ0n) is 50.4. The first-order valence-electron chi connectivity index (χ1n) is 29.8. The minimum Gasteiger partial charge on any atom is -0.496 e. The summed E-state index contributed by atoms with van der Waals surface area (Å²) in [6, 6.07) is 11.8. The van der Waals surface area contributed by atoms with E-state index >= 15 is 0 Å². The van der Waals surface area contributed by atoms with Crippen molar-refractivity contribution in [2.45, 2.75) is 70.2 Å². The molecular weight excluding hydrogens is 1100 g/mol. The van der Waals surface area contributed by atoms with Crippen LogP contribution in [0.5, 0.6) is 11.5 Å². The molecule has 446 valence electrons. The molecule has 10 aromatic rings. The van der Waals surface area contributed by atoms with Gasteiger partial charge in [0, 0.05) is 118 Å². The van der Waals surface area contributed by atoms with Gasteiger partial charge in [-0.25, -0.2) is 19.3 Å². The molecule has 1 atom stereocenters. The van der Waals surface area contributed by atoms with Crippen molar-refractivity contribution in [3.8, 4) is 45.6 Å². The zero-order chi connectivity index (χ0) is 59.8. The Morgan fingerprint density at radius 2 is 1.23 bits per heavy atom. The highest BCUT2D eigenvalue weighted by Gasteiger charge is 2.51. The summed E-state index contributed by atoms with van der Waals surface area (Å²) in [6.07, 6.45) is 14.7. The Hall–Kier alpha value is -9.06. The molecule has 5 aliphatic rings. The molecule has 0 aliphatic carbocycles. The van der Waals surface area contributed by atoms with Gasteiger partial charge in [-0.05, 0) is 81.8 Å². The molecule has 23 heteroatoms. The van der Waals surface area contributed by atoms with E-state index in [0.29, 0.717) is 105 Å². The Bertz CT molecular complexity index is 4460. The molecule has 15 rings (SSSR count). The van der Waals surface area contributed by atoms with Crippen LogP contribution in [0.2, 0.25) is 0 Å². The lowest BCUT2D eigenvalue weighted by atomic mass is 9.90. The van der Waals surface area contributed by atoms with Crippen molar-refractivity contribution in [2.24, 2.45) is 14.1 Å². The van der Waals surface area contributed by atoms with E-state index < -0.39 is 5.60 Å². The minimum atomic E-state index is -0.462. The van der Waals surface area contributed by atoms with E-state index in [4.69, 9.17) is 53.8 Å². The molecule has 5 aliphatic heterocycles. The number of fused-ring (bicyclic) bond motifs is 4. The van der Waals surface area contributed by atoms with Crippen molar-refractivity contribution < 1.29 is 33.3 Å². The molecule has 23 nitrogen and oxygen atoms in total. The average Bonchev–Trinajstić information content (AvgIpc) is 1.66. The van der Waals surface area contributed by atoms with Crippen molar-refractivity contribution >= 4 is 67.1 Å². The Labute approximate surface area is 501 Å². The van der Waals surface area contributed by atoms with Gasteiger partial charge in [0.15, 0.2) is 11.6 Å². The molecule has 0 saturated carbocycles. The topological polar surface area (TPSA) is 216 Å². The first-order chi connectivity index (χ1) is 42.1. The summed E-state index contributed by atoms with van der Waals surface area (Å²) in [5.41, 5.74) is 10.2. The predicted octanol–water partition coefficient (Wildman–Crippen LogP) is 7.52. The number of aryl methyl sites for hydroxylation is 5. The third kappa shape index (κ3) is 8.69. The van der Waals surface area contributed by atoms with E-state index in [2.05, 4.69) is 25.8 Å². The van der Waals surface area contributed by atoms with Gasteiger partial charge in [0.05, 0.1) is 122 Å². The second-order valence-electron chi connectivity index (χ2n) is 24.3. The van der Waals surface area contributed by atoms with E-state index in [1.54, 1.807) is 58.0 Å². The Balaban J connectivity index is 0.782. The summed E-state index contributed by atoms with van der Waals surface area (Å²) < 4.78 is 38.6. The third-order valence-corrected chi connectivity index (χ3v) is 18.7. The number of carbonyl (C=O) groups is 2. The van der Waals surface area contributed by atoms with Gasteiger partial charge in [-0.3, -0.25) is 29.5 Å². The molecule has 87 heavy (non-hydrogen) atoms. The lowest BCUT2D eigenvalue weighted by molar-refractivity contribution is -0.0583. The Morgan fingerprint density at radius 1 is 0.667 bits per heavy atom. The summed E-state index contributed by atoms with van der Waals surface area (Å²) in [7, 11) is 10.8. The van der Waals surface area contributed by atoms with Gasteiger partial charge >= 0.3 is 0 Å². The molecule has 10 aromatic heterocycles. The van der Waals surface area contributed by atoms with Gasteiger partial charge in [-0.2, -0.15) is 10.2 Å². The number of hydrogen-bond donors (Lipinski definition) is 0. The van der Waals surface area contributed by atoms with Crippen LogP contribution >= 0.6 is 0 Å². The van der Waals surface area contributed by atoms with Crippen LogP contribution in [0.4, 0.5) is 11.6 Å². The Morgan fingerprint density at radius 3 is 1.82 bits per heavy atom. The van der Waals surface area contributed by atoms with Gasteiger partial charge in [0.25, 0.3) is 11.8 Å². The summed E-state index contributed by atoms with van der Waals surface area (Å²) in [6.45, 7) is 11.5. The van der Waals surface area contributed by atoms with Gasteiger partial charge in [0.2, 0.25) is 0 Å². The fourth-order valence-electron chi connectivity index (χ4n) is 14.3. The standard InChI is InChI=1S/C64H68N16O7/c1-36-55-49(74(6)57(36)61(81)73(4)5)26-53(79-47-24-45(69-38(3)40(47)30-67-79)42-28-65-16-12-51(42)83-8)71-60(55)78-34-64(35-78)15-11-39(87-64)23-44-41-31-68-80(48(41)25-46(70-44)43-29-66-17-13-52(43)84-9)54-27-50-56(59(72-54)77-32-63(33-77)14-10-20-86-63)37(2)58(75(50)7)62(82)76-18-21-85-22-19-76/h12-13,16-17,24-31,39H,10-11,14-15,18-23,32-35H2,1-9H3. The van der Waals surface area contributed by atoms with Crippen LogP contribution in [0.1, 0.15) is 69.2 Å². The molecule has 0 N–H and O–H groups in total. The fourth-order valence-corrected chi connectivity index (χ4v) is 14.3. The first kappa shape index (κ1) is 54.6. The number of anilines is 2. The first-order valence-corrected chi connectivity index (χ1v) is 29.8. The summed E-state index contributed by atoms with van der Waals surface area (Å²) in [5, 5.41) is 13.7. The molecule has 5 saturated heterocycles. The van der Waals surface area contributed by atoms with Gasteiger partial charge in [-0.15, -0.1) is 0 Å². The summed E-state index contributed by atoms with van der Waals surface area (Å²) >= 11 is 0. The monoisotopic (exact) mass is 1170 g/mol. The van der Waals surface area contributed by atoms with Crippen molar-refractivity contribution in [3.63, 3.8) is 0 Å². The second-order valence-corrected chi connectivity index (χ2v) is 24.3. The number of ether oxygens (including phenoxy) is 5. The molecular formula is C64H68N16O7. The molecule has 0 bridgehead atoms. The number of methoxy groups -OCH3 is 2. The van der Waals surface area contributed by atoms with E-state index in [9.17, 15) is 9.59 Å². The molecule has 0 radical (unpaired) electrons. The third-order valence-electron chi connectivity index (χ3n) is 18.7. The fraction of sp³-hybridized carbons (Fsp3) is 0.406. The van der Waals surface area contributed by atoms with Crippen molar-refractivity contribution in [2.75, 3.05) is 97.2 Å². The number of hydrogen-bond acceptors (Lipinski definition) is 17. The summed E-state index contributed by atoms with van der Waals surface area (Å²) in [4.78, 5) is 66.6. The van der Waals surface area contributed by atoms with Crippen LogP contribution in [-0.4, -0.2) is 185 Å². The molecule has 1 unspecified atom stereocenters. The normalized spacial score (nSPS) is 18.0. The zero-order valence-corrected chi connectivity index (χ0v) is 50.4. The minimum absolute atomic E-state index is 0.0191. The maximum atomic E-state index is 14.4. The highest BCUT2D eigenvalue weighted by molar-refractivity contribution is 6.07. The van der Waals surface area contributed by atoms with Crippen LogP contribution < -0.4 is 19.3 Å². The number of rotatable bonds is 12. The maximum Gasteiger partial charge on any atom is 0.270 e.